The molecule has 0 aromatic heterocycles. The van der Waals surface area contributed by atoms with E-state index in [9.17, 15) is 19.2 Å². The van der Waals surface area contributed by atoms with Gasteiger partial charge in [-0.2, -0.15) is 0 Å². The van der Waals surface area contributed by atoms with Crippen molar-refractivity contribution < 1.29 is 38.1 Å². The number of anilines is 2. The number of nitrogens with one attached hydrogen (secondary N) is 3. The molecular formula is C30H31N3O8S. The zero-order valence-corrected chi connectivity index (χ0v) is 24.8. The van der Waals surface area contributed by atoms with E-state index in [1.165, 1.54) is 58.4 Å². The minimum Gasteiger partial charge on any atom is -0.493 e. The second-order valence-electron chi connectivity index (χ2n) is 9.48. The van der Waals surface area contributed by atoms with Crippen LogP contribution in [0.5, 0.6) is 17.2 Å². The number of rotatable bonds is 9. The van der Waals surface area contributed by atoms with Crippen molar-refractivity contribution in [1.82, 2.24) is 5.32 Å². The van der Waals surface area contributed by atoms with Gasteiger partial charge >= 0.3 is 5.97 Å². The Morgan fingerprint density at radius 1 is 0.881 bits per heavy atom. The van der Waals surface area contributed by atoms with E-state index in [-0.39, 0.29) is 23.2 Å². The van der Waals surface area contributed by atoms with E-state index in [4.69, 9.17) is 14.2 Å². The van der Waals surface area contributed by atoms with Gasteiger partial charge < -0.3 is 34.9 Å². The molecule has 0 radical (unpaired) electrons. The highest BCUT2D eigenvalue weighted by Crippen LogP contribution is 2.41. The second kappa shape index (κ2) is 12.9. The molecule has 0 saturated heterocycles. The largest absolute Gasteiger partial charge is 0.493 e. The number of amides is 3. The summed E-state index contributed by atoms with van der Waals surface area (Å²) < 4.78 is 20.8. The second-order valence-corrected chi connectivity index (χ2v) is 10.6. The van der Waals surface area contributed by atoms with Crippen molar-refractivity contribution in [3.63, 3.8) is 0 Å². The van der Waals surface area contributed by atoms with Crippen LogP contribution in [-0.4, -0.2) is 58.2 Å². The summed E-state index contributed by atoms with van der Waals surface area (Å²) in [5, 5.41) is 8.19. The first-order valence-corrected chi connectivity index (χ1v) is 13.6. The van der Waals surface area contributed by atoms with Gasteiger partial charge in [-0.3, -0.25) is 19.2 Å². The molecule has 0 saturated carbocycles. The first-order valence-electron chi connectivity index (χ1n) is 12.8. The lowest BCUT2D eigenvalue weighted by atomic mass is 10.1. The molecule has 3 N–H and O–H groups in total. The third kappa shape index (κ3) is 6.60. The summed E-state index contributed by atoms with van der Waals surface area (Å²) in [4.78, 5) is 52.9. The maximum atomic E-state index is 13.5. The van der Waals surface area contributed by atoms with Gasteiger partial charge in [0.05, 0.1) is 51.8 Å². The average Bonchev–Trinajstić information content (AvgIpc) is 3.06. The van der Waals surface area contributed by atoms with Gasteiger partial charge in [0.2, 0.25) is 11.7 Å². The number of hydrogen-bond acceptors (Lipinski definition) is 9. The van der Waals surface area contributed by atoms with Gasteiger partial charge in [-0.1, -0.05) is 17.8 Å². The molecule has 0 fully saturated rings. The van der Waals surface area contributed by atoms with E-state index < -0.39 is 29.7 Å². The number of carbonyl (C=O) groups is 4. The van der Waals surface area contributed by atoms with Crippen LogP contribution in [0.1, 0.15) is 38.3 Å². The maximum Gasteiger partial charge on any atom is 0.308 e. The number of benzene rings is 3. The van der Waals surface area contributed by atoms with Crippen molar-refractivity contribution in [1.29, 1.82) is 0 Å². The monoisotopic (exact) mass is 593 g/mol. The number of esters is 1. The van der Waals surface area contributed by atoms with Gasteiger partial charge in [-0.15, -0.1) is 0 Å². The molecule has 0 unspecified atom stereocenters. The lowest BCUT2D eigenvalue weighted by molar-refractivity contribution is -0.142. The number of hydrogen-bond donors (Lipinski definition) is 3. The van der Waals surface area contributed by atoms with Crippen molar-refractivity contribution in [2.75, 3.05) is 39.1 Å². The Labute approximate surface area is 247 Å². The fraction of sp³-hybridized carbons (Fsp3) is 0.267. The summed E-state index contributed by atoms with van der Waals surface area (Å²) in [5.41, 5.74) is 3.01. The lowest BCUT2D eigenvalue weighted by Crippen LogP contribution is -2.42. The Morgan fingerprint density at radius 2 is 1.52 bits per heavy atom. The normalized spacial score (nSPS) is 14.1. The third-order valence-electron chi connectivity index (χ3n) is 6.44. The molecule has 3 aromatic rings. The first kappa shape index (κ1) is 30.3. The van der Waals surface area contributed by atoms with Crippen molar-refractivity contribution in [3.8, 4) is 17.2 Å². The Bertz CT molecular complexity index is 1530. The highest BCUT2D eigenvalue weighted by Gasteiger charge is 2.31. The molecule has 0 bridgehead atoms. The highest BCUT2D eigenvalue weighted by molar-refractivity contribution is 7.99. The third-order valence-corrected chi connectivity index (χ3v) is 7.47. The molecule has 1 aliphatic rings. The molecule has 220 valence electrons. The van der Waals surface area contributed by atoms with Crippen LogP contribution in [0.25, 0.3) is 0 Å². The molecule has 1 aliphatic heterocycles. The zero-order chi connectivity index (χ0) is 30.6. The van der Waals surface area contributed by atoms with Crippen LogP contribution in [0.2, 0.25) is 0 Å². The van der Waals surface area contributed by atoms with Crippen molar-refractivity contribution in [3.05, 3.63) is 64.7 Å². The molecule has 0 spiro atoms. The highest BCUT2D eigenvalue weighted by atomic mass is 32.2. The van der Waals surface area contributed by atoms with E-state index in [1.807, 2.05) is 32.0 Å². The Hall–Kier alpha value is -4.71. The molecule has 4 rings (SSSR count). The summed E-state index contributed by atoms with van der Waals surface area (Å²) >= 11 is 1.35. The Morgan fingerprint density at radius 3 is 2.10 bits per heavy atom. The van der Waals surface area contributed by atoms with E-state index in [0.29, 0.717) is 27.8 Å². The number of ether oxygens (including phenoxy) is 4. The summed E-state index contributed by atoms with van der Waals surface area (Å²) in [7, 11) is 5.57. The zero-order valence-electron chi connectivity index (χ0n) is 24.0. The van der Waals surface area contributed by atoms with Crippen molar-refractivity contribution >= 4 is 46.8 Å². The molecule has 42 heavy (non-hydrogen) atoms. The molecule has 1 heterocycles. The lowest BCUT2D eigenvalue weighted by Gasteiger charge is -2.17. The SMILES string of the molecule is COC(=O)C[C@@H]1NC(=O)c2cc(Sc3cc(C)cc(C)c3)c(NC(=O)c3cc(OC)c(OC)c(OC)c3)cc2NC1=O. The average molecular weight is 594 g/mol. The molecule has 0 aliphatic carbocycles. The van der Waals surface area contributed by atoms with E-state index >= 15 is 0 Å². The first-order chi connectivity index (χ1) is 20.1. The quantitative estimate of drug-likeness (QED) is 0.309. The van der Waals surface area contributed by atoms with Crippen molar-refractivity contribution in [2.45, 2.75) is 36.1 Å². The van der Waals surface area contributed by atoms with Gasteiger partial charge in [0.25, 0.3) is 11.8 Å². The maximum absolute atomic E-state index is 13.5. The van der Waals surface area contributed by atoms with Crippen LogP contribution >= 0.6 is 11.8 Å². The topological polar surface area (TPSA) is 141 Å². The molecule has 12 heteroatoms. The number of aryl methyl sites for hydroxylation is 2. The van der Waals surface area contributed by atoms with Gasteiger partial charge in [0.15, 0.2) is 11.5 Å². The van der Waals surface area contributed by atoms with Crippen molar-refractivity contribution in [2.24, 2.45) is 0 Å². The minimum absolute atomic E-state index is 0.174. The van der Waals surface area contributed by atoms with E-state index in [2.05, 4.69) is 20.7 Å². The van der Waals surface area contributed by atoms with E-state index in [0.717, 1.165) is 16.0 Å². The fourth-order valence-corrected chi connectivity index (χ4v) is 5.63. The number of carbonyl (C=O) groups excluding carboxylic acids is 4. The minimum atomic E-state index is -1.13. The Balaban J connectivity index is 1.78. The molecule has 3 aromatic carbocycles. The van der Waals surface area contributed by atoms with Crippen LogP contribution in [0.3, 0.4) is 0 Å². The molecule has 1 atom stereocenters. The summed E-state index contributed by atoms with van der Waals surface area (Å²) in [6, 6.07) is 11.0. The summed E-state index contributed by atoms with van der Waals surface area (Å²) in [6.45, 7) is 3.96. The van der Waals surface area contributed by atoms with Gasteiger partial charge in [0.1, 0.15) is 6.04 Å². The fourth-order valence-electron chi connectivity index (χ4n) is 4.49. The standard InChI is InChI=1S/C30H31N3O8S/c1-15-7-16(2)9-18(8-15)42-25-12-19-20(31-30(37)22(33-29(19)36)14-26(34)40-5)13-21(25)32-28(35)17-10-23(38-3)27(41-6)24(11-17)39-4/h7-13,22H,14H2,1-6H3,(H,31,37)(H,32,35)(H,33,36)/t22-/m0/s1. The van der Waals surface area contributed by atoms with E-state index in [1.54, 1.807) is 6.07 Å². The summed E-state index contributed by atoms with van der Waals surface area (Å²) in [6.07, 6.45) is -0.336. The van der Waals surface area contributed by atoms with Crippen LogP contribution in [-0.2, 0) is 14.3 Å². The molecule has 11 nitrogen and oxygen atoms in total. The van der Waals surface area contributed by atoms with Crippen LogP contribution in [0.4, 0.5) is 11.4 Å². The van der Waals surface area contributed by atoms with Crippen LogP contribution in [0, 0.1) is 13.8 Å². The number of fused-ring (bicyclic) bond motifs is 1. The molecular weight excluding hydrogens is 562 g/mol. The molecule has 3 amide bonds. The predicted molar refractivity (Wildman–Crippen MR) is 157 cm³/mol. The van der Waals surface area contributed by atoms with Gasteiger partial charge in [-0.05, 0) is 61.4 Å². The number of methoxy groups -OCH3 is 4. The van der Waals surface area contributed by atoms with Gasteiger partial charge in [-0.25, -0.2) is 0 Å². The summed E-state index contributed by atoms with van der Waals surface area (Å²) in [5.74, 6) is -1.35. The van der Waals surface area contributed by atoms with Crippen LogP contribution < -0.4 is 30.2 Å². The van der Waals surface area contributed by atoms with Gasteiger partial charge in [0, 0.05) is 15.4 Å². The predicted octanol–water partition coefficient (Wildman–Crippen LogP) is 4.35. The smallest absolute Gasteiger partial charge is 0.308 e. The van der Waals surface area contributed by atoms with Crippen LogP contribution in [0.15, 0.2) is 52.3 Å². The Kier molecular flexibility index (Phi) is 9.26.